The molecule has 0 fully saturated rings. The van der Waals surface area contributed by atoms with Crippen molar-refractivity contribution in [2.45, 2.75) is 26.4 Å². The highest BCUT2D eigenvalue weighted by molar-refractivity contribution is 9.10. The summed E-state index contributed by atoms with van der Waals surface area (Å²) in [5, 5.41) is 9.59. The second-order valence-electron chi connectivity index (χ2n) is 4.63. The number of hydrogen-bond acceptors (Lipinski definition) is 2. The molecule has 92 valence electrons. The lowest BCUT2D eigenvalue weighted by atomic mass is 10.1. The third-order valence-corrected chi connectivity index (χ3v) is 3.92. The zero-order valence-corrected chi connectivity index (χ0v) is 11.9. The molecule has 0 saturated heterocycles. The number of aliphatic hydroxyl groups excluding tert-OH is 1. The fourth-order valence-electron chi connectivity index (χ4n) is 2.06. The Morgan fingerprint density at radius 3 is 2.71 bits per heavy atom. The molecule has 1 aliphatic rings. The summed E-state index contributed by atoms with van der Waals surface area (Å²) in [6.45, 7) is 6.02. The fourth-order valence-corrected chi connectivity index (χ4v) is 2.75. The van der Waals surface area contributed by atoms with Gasteiger partial charge in [-0.25, -0.2) is 0 Å². The van der Waals surface area contributed by atoms with Gasteiger partial charge in [0.25, 0.3) is 0 Å². The second kappa shape index (κ2) is 5.23. The monoisotopic (exact) mass is 295 g/mol. The van der Waals surface area contributed by atoms with Crippen LogP contribution in [0.4, 0.5) is 5.69 Å². The minimum atomic E-state index is -0.429. The smallest absolute Gasteiger partial charge is 0.0772 e. The van der Waals surface area contributed by atoms with Gasteiger partial charge in [-0.1, -0.05) is 33.6 Å². The van der Waals surface area contributed by atoms with Gasteiger partial charge in [0, 0.05) is 23.2 Å². The van der Waals surface area contributed by atoms with Gasteiger partial charge < -0.3 is 10.0 Å². The third-order valence-electron chi connectivity index (χ3n) is 3.24. The molecule has 0 aromatic heterocycles. The lowest BCUT2D eigenvalue weighted by Gasteiger charge is -2.28. The highest BCUT2D eigenvalue weighted by Gasteiger charge is 2.12. The molecule has 0 radical (unpaired) electrons. The van der Waals surface area contributed by atoms with Crippen molar-refractivity contribution in [1.29, 1.82) is 0 Å². The SMILES string of the molecule is CC1=CCN(c2ccc(C(C)O)c(Br)c2)CC1. The van der Waals surface area contributed by atoms with Gasteiger partial charge in [0.15, 0.2) is 0 Å². The molecule has 0 saturated carbocycles. The van der Waals surface area contributed by atoms with E-state index in [2.05, 4.69) is 46.0 Å². The first kappa shape index (κ1) is 12.7. The van der Waals surface area contributed by atoms with Crippen molar-refractivity contribution >= 4 is 21.6 Å². The van der Waals surface area contributed by atoms with Crippen LogP contribution in [0.1, 0.15) is 31.9 Å². The molecular weight excluding hydrogens is 278 g/mol. The van der Waals surface area contributed by atoms with Crippen LogP contribution >= 0.6 is 15.9 Å². The van der Waals surface area contributed by atoms with Crippen molar-refractivity contribution < 1.29 is 5.11 Å². The number of rotatable bonds is 2. The first-order chi connectivity index (χ1) is 8.08. The standard InChI is InChI=1S/C14H18BrNO/c1-10-5-7-16(8-6-10)12-3-4-13(11(2)17)14(15)9-12/h3-5,9,11,17H,6-8H2,1-2H3. The largest absolute Gasteiger partial charge is 0.389 e. The van der Waals surface area contributed by atoms with Gasteiger partial charge in [0.2, 0.25) is 0 Å². The van der Waals surface area contributed by atoms with Crippen LogP contribution in [-0.4, -0.2) is 18.2 Å². The van der Waals surface area contributed by atoms with Crippen LogP contribution < -0.4 is 4.90 Å². The Morgan fingerprint density at radius 2 is 2.18 bits per heavy atom. The summed E-state index contributed by atoms with van der Waals surface area (Å²) in [6.07, 6.45) is 2.98. The molecule has 17 heavy (non-hydrogen) atoms. The van der Waals surface area contributed by atoms with E-state index < -0.39 is 6.10 Å². The predicted molar refractivity (Wildman–Crippen MR) is 75.4 cm³/mol. The zero-order chi connectivity index (χ0) is 12.4. The van der Waals surface area contributed by atoms with Gasteiger partial charge in [-0.05, 0) is 38.0 Å². The topological polar surface area (TPSA) is 23.5 Å². The molecule has 1 heterocycles. The maximum Gasteiger partial charge on any atom is 0.0772 e. The summed E-state index contributed by atoms with van der Waals surface area (Å²) >= 11 is 3.52. The van der Waals surface area contributed by atoms with E-state index in [-0.39, 0.29) is 0 Å². The molecule has 0 aliphatic carbocycles. The molecule has 2 rings (SSSR count). The van der Waals surface area contributed by atoms with Gasteiger partial charge in [0.05, 0.1) is 6.10 Å². The Bertz CT molecular complexity index is 440. The van der Waals surface area contributed by atoms with Gasteiger partial charge >= 0.3 is 0 Å². The van der Waals surface area contributed by atoms with Crippen LogP contribution in [0.2, 0.25) is 0 Å². The highest BCUT2D eigenvalue weighted by Crippen LogP contribution is 2.29. The molecule has 2 nitrogen and oxygen atoms in total. The Morgan fingerprint density at radius 1 is 1.41 bits per heavy atom. The number of anilines is 1. The van der Waals surface area contributed by atoms with E-state index in [1.807, 2.05) is 6.07 Å². The van der Waals surface area contributed by atoms with Gasteiger partial charge in [-0.3, -0.25) is 0 Å². The summed E-state index contributed by atoms with van der Waals surface area (Å²) in [5.74, 6) is 0. The Hall–Kier alpha value is -0.800. The minimum Gasteiger partial charge on any atom is -0.389 e. The molecule has 1 unspecified atom stereocenters. The maximum absolute atomic E-state index is 9.59. The van der Waals surface area contributed by atoms with Crippen LogP contribution in [0.3, 0.4) is 0 Å². The molecular formula is C14H18BrNO. The highest BCUT2D eigenvalue weighted by atomic mass is 79.9. The minimum absolute atomic E-state index is 0.429. The summed E-state index contributed by atoms with van der Waals surface area (Å²) in [5.41, 5.74) is 3.63. The van der Waals surface area contributed by atoms with Crippen molar-refractivity contribution in [3.8, 4) is 0 Å². The lowest BCUT2D eigenvalue weighted by molar-refractivity contribution is 0.198. The number of nitrogens with zero attached hydrogens (tertiary/aromatic N) is 1. The third kappa shape index (κ3) is 2.90. The zero-order valence-electron chi connectivity index (χ0n) is 10.3. The molecule has 1 aromatic rings. The van der Waals surface area contributed by atoms with Gasteiger partial charge in [-0.15, -0.1) is 0 Å². The molecule has 1 aliphatic heterocycles. The van der Waals surface area contributed by atoms with E-state index in [9.17, 15) is 5.11 Å². The first-order valence-electron chi connectivity index (χ1n) is 5.96. The molecule has 0 amide bonds. The maximum atomic E-state index is 9.59. The van der Waals surface area contributed by atoms with E-state index in [0.29, 0.717) is 0 Å². The molecule has 0 spiro atoms. The van der Waals surface area contributed by atoms with Crippen LogP contribution in [0.5, 0.6) is 0 Å². The van der Waals surface area contributed by atoms with E-state index in [0.717, 1.165) is 29.5 Å². The van der Waals surface area contributed by atoms with Crippen LogP contribution in [0, 0.1) is 0 Å². The Balaban J connectivity index is 2.20. The molecule has 0 bridgehead atoms. The molecule has 1 aromatic carbocycles. The number of benzene rings is 1. The summed E-state index contributed by atoms with van der Waals surface area (Å²) in [7, 11) is 0. The van der Waals surface area contributed by atoms with Gasteiger partial charge in [0.1, 0.15) is 0 Å². The average Bonchev–Trinajstić information content (AvgIpc) is 2.29. The Kier molecular flexibility index (Phi) is 3.89. The summed E-state index contributed by atoms with van der Waals surface area (Å²) in [4.78, 5) is 2.35. The van der Waals surface area contributed by atoms with E-state index in [1.54, 1.807) is 6.92 Å². The van der Waals surface area contributed by atoms with E-state index in [4.69, 9.17) is 0 Å². The van der Waals surface area contributed by atoms with Crippen molar-refractivity contribution in [3.63, 3.8) is 0 Å². The van der Waals surface area contributed by atoms with Gasteiger partial charge in [-0.2, -0.15) is 0 Å². The second-order valence-corrected chi connectivity index (χ2v) is 5.48. The number of aliphatic hydroxyl groups is 1. The predicted octanol–water partition coefficient (Wildman–Crippen LogP) is 3.66. The summed E-state index contributed by atoms with van der Waals surface area (Å²) < 4.78 is 0.983. The number of halogens is 1. The number of hydrogen-bond donors (Lipinski definition) is 1. The lowest BCUT2D eigenvalue weighted by Crippen LogP contribution is -2.28. The fraction of sp³-hybridized carbons (Fsp3) is 0.429. The molecule has 1 N–H and O–H groups in total. The Labute approximate surface area is 111 Å². The summed E-state index contributed by atoms with van der Waals surface area (Å²) in [6, 6.07) is 6.17. The quantitative estimate of drug-likeness (QED) is 0.842. The van der Waals surface area contributed by atoms with Crippen molar-refractivity contribution in [2.24, 2.45) is 0 Å². The van der Waals surface area contributed by atoms with Crippen molar-refractivity contribution in [3.05, 3.63) is 39.9 Å². The van der Waals surface area contributed by atoms with E-state index >= 15 is 0 Å². The normalized spacial score (nSPS) is 17.9. The van der Waals surface area contributed by atoms with Crippen molar-refractivity contribution in [1.82, 2.24) is 0 Å². The van der Waals surface area contributed by atoms with Crippen LogP contribution in [-0.2, 0) is 0 Å². The van der Waals surface area contributed by atoms with E-state index in [1.165, 1.54) is 11.3 Å². The van der Waals surface area contributed by atoms with Crippen LogP contribution in [0.15, 0.2) is 34.3 Å². The first-order valence-corrected chi connectivity index (χ1v) is 6.75. The average molecular weight is 296 g/mol. The van der Waals surface area contributed by atoms with Crippen molar-refractivity contribution in [2.75, 3.05) is 18.0 Å². The van der Waals surface area contributed by atoms with Crippen LogP contribution in [0.25, 0.3) is 0 Å². The molecule has 3 heteroatoms. The molecule has 1 atom stereocenters.